The molecule has 0 saturated carbocycles. The van der Waals surface area contributed by atoms with Gasteiger partial charge in [-0.1, -0.05) is 19.1 Å². The Kier molecular flexibility index (Phi) is 5.42. The molecule has 1 N–H and O–H groups in total. The van der Waals surface area contributed by atoms with Crippen LogP contribution in [0.15, 0.2) is 18.2 Å². The number of thiazole rings is 1. The number of rotatable bonds is 6. The summed E-state index contributed by atoms with van der Waals surface area (Å²) >= 11 is 1.61. The van der Waals surface area contributed by atoms with Crippen LogP contribution in [0, 0.1) is 25.5 Å². The molecule has 0 aliphatic heterocycles. The van der Waals surface area contributed by atoms with Gasteiger partial charge in [-0.15, -0.1) is 11.3 Å². The van der Waals surface area contributed by atoms with Crippen molar-refractivity contribution in [3.8, 4) is 0 Å². The number of aromatic nitrogens is 1. The quantitative estimate of drug-likeness (QED) is 0.859. The minimum absolute atomic E-state index is 0.0348. The van der Waals surface area contributed by atoms with Crippen LogP contribution in [-0.2, 0) is 6.42 Å². The van der Waals surface area contributed by atoms with E-state index < -0.39 is 11.6 Å². The summed E-state index contributed by atoms with van der Waals surface area (Å²) in [6.07, 6.45) is 1.41. The zero-order chi connectivity index (χ0) is 15.4. The molecule has 0 aliphatic carbocycles. The number of hydrogen-bond donors (Lipinski definition) is 1. The molecule has 2 nitrogen and oxygen atoms in total. The van der Waals surface area contributed by atoms with Crippen LogP contribution in [0.25, 0.3) is 0 Å². The zero-order valence-corrected chi connectivity index (χ0v) is 13.4. The van der Waals surface area contributed by atoms with Gasteiger partial charge in [0.1, 0.15) is 0 Å². The van der Waals surface area contributed by atoms with Crippen molar-refractivity contribution in [2.75, 3.05) is 6.54 Å². The molecule has 21 heavy (non-hydrogen) atoms. The fourth-order valence-electron chi connectivity index (χ4n) is 2.37. The second-order valence-electron chi connectivity index (χ2n) is 5.11. The lowest BCUT2D eigenvalue weighted by Crippen LogP contribution is -2.24. The van der Waals surface area contributed by atoms with Gasteiger partial charge in [0.15, 0.2) is 11.6 Å². The third-order valence-electron chi connectivity index (χ3n) is 3.35. The van der Waals surface area contributed by atoms with Gasteiger partial charge >= 0.3 is 0 Å². The van der Waals surface area contributed by atoms with Crippen molar-refractivity contribution >= 4 is 11.3 Å². The van der Waals surface area contributed by atoms with Crippen molar-refractivity contribution in [3.63, 3.8) is 0 Å². The van der Waals surface area contributed by atoms with Crippen molar-refractivity contribution in [3.05, 3.63) is 51.0 Å². The first-order valence-corrected chi connectivity index (χ1v) is 7.94. The van der Waals surface area contributed by atoms with E-state index in [2.05, 4.69) is 17.2 Å². The average Bonchev–Trinajstić information content (AvgIpc) is 2.78. The van der Waals surface area contributed by atoms with Gasteiger partial charge in [0, 0.05) is 10.9 Å². The van der Waals surface area contributed by atoms with E-state index >= 15 is 0 Å². The largest absolute Gasteiger partial charge is 0.309 e. The first-order chi connectivity index (χ1) is 10.0. The molecule has 0 radical (unpaired) electrons. The number of aryl methyl sites for hydroxylation is 2. The number of benzene rings is 1. The van der Waals surface area contributed by atoms with E-state index in [-0.39, 0.29) is 6.04 Å². The maximum absolute atomic E-state index is 13.9. The lowest BCUT2D eigenvalue weighted by atomic mass is 10.0. The van der Waals surface area contributed by atoms with E-state index in [9.17, 15) is 8.78 Å². The van der Waals surface area contributed by atoms with Gasteiger partial charge in [-0.05, 0) is 44.9 Å². The summed E-state index contributed by atoms with van der Waals surface area (Å²) in [5, 5.41) is 4.41. The molecule has 0 fully saturated rings. The number of nitrogens with zero attached hydrogens (tertiary/aromatic N) is 1. The van der Waals surface area contributed by atoms with E-state index in [4.69, 9.17) is 0 Å². The molecule has 5 heteroatoms. The number of nitrogens with one attached hydrogen (secondary N) is 1. The summed E-state index contributed by atoms with van der Waals surface area (Å²) in [6.45, 7) is 6.83. The van der Waals surface area contributed by atoms with E-state index in [1.807, 2.05) is 13.8 Å². The van der Waals surface area contributed by atoms with Crippen LogP contribution in [0.2, 0.25) is 0 Å². The highest BCUT2D eigenvalue weighted by molar-refractivity contribution is 7.11. The Morgan fingerprint density at radius 1 is 1.29 bits per heavy atom. The van der Waals surface area contributed by atoms with Gasteiger partial charge in [0.25, 0.3) is 0 Å². The third-order valence-corrected chi connectivity index (χ3v) is 4.54. The summed E-state index contributed by atoms with van der Waals surface area (Å²) in [7, 11) is 0. The monoisotopic (exact) mass is 310 g/mol. The SMILES string of the molecule is CCCNC(Cc1cccc(F)c1F)c1sc(C)nc1C. The van der Waals surface area contributed by atoms with Gasteiger partial charge in [-0.3, -0.25) is 0 Å². The molecule has 0 bridgehead atoms. The van der Waals surface area contributed by atoms with Crippen LogP contribution in [0.4, 0.5) is 8.78 Å². The van der Waals surface area contributed by atoms with Crippen LogP contribution >= 0.6 is 11.3 Å². The van der Waals surface area contributed by atoms with Crippen molar-refractivity contribution in [1.82, 2.24) is 10.3 Å². The highest BCUT2D eigenvalue weighted by Gasteiger charge is 2.20. The summed E-state index contributed by atoms with van der Waals surface area (Å²) in [5.74, 6) is -1.54. The van der Waals surface area contributed by atoms with Crippen molar-refractivity contribution < 1.29 is 8.78 Å². The highest BCUT2D eigenvalue weighted by atomic mass is 32.1. The molecule has 0 amide bonds. The Labute approximate surface area is 128 Å². The number of hydrogen-bond acceptors (Lipinski definition) is 3. The summed E-state index contributed by atoms with van der Waals surface area (Å²) in [4.78, 5) is 5.53. The van der Waals surface area contributed by atoms with Crippen LogP contribution in [-0.4, -0.2) is 11.5 Å². The van der Waals surface area contributed by atoms with Crippen LogP contribution in [0.5, 0.6) is 0 Å². The third kappa shape index (κ3) is 3.86. The molecule has 2 aromatic rings. The molecule has 1 unspecified atom stereocenters. The molecule has 114 valence electrons. The van der Waals surface area contributed by atoms with Gasteiger partial charge in [-0.2, -0.15) is 0 Å². The number of halogens is 2. The molecular weight excluding hydrogens is 290 g/mol. The Morgan fingerprint density at radius 3 is 2.67 bits per heavy atom. The fourth-order valence-corrected chi connectivity index (χ4v) is 3.38. The minimum Gasteiger partial charge on any atom is -0.309 e. The maximum atomic E-state index is 13.9. The molecule has 1 aromatic carbocycles. The van der Waals surface area contributed by atoms with Gasteiger partial charge in [0.05, 0.1) is 10.7 Å². The molecular formula is C16H20F2N2S. The predicted molar refractivity (Wildman–Crippen MR) is 82.7 cm³/mol. The molecule has 1 atom stereocenters. The highest BCUT2D eigenvalue weighted by Crippen LogP contribution is 2.28. The standard InChI is InChI=1S/C16H20F2N2S/c1-4-8-19-14(16-10(2)20-11(3)21-16)9-12-6-5-7-13(17)15(12)18/h5-7,14,19H,4,8-9H2,1-3H3. The lowest BCUT2D eigenvalue weighted by Gasteiger charge is -2.18. The molecule has 0 aliphatic rings. The second kappa shape index (κ2) is 7.09. The van der Waals surface area contributed by atoms with Crippen LogP contribution < -0.4 is 5.32 Å². The first kappa shape index (κ1) is 16.0. The molecule has 1 heterocycles. The van der Waals surface area contributed by atoms with E-state index in [1.165, 1.54) is 0 Å². The van der Waals surface area contributed by atoms with E-state index in [0.29, 0.717) is 12.0 Å². The smallest absolute Gasteiger partial charge is 0.162 e. The lowest BCUT2D eigenvalue weighted by molar-refractivity contribution is 0.478. The van der Waals surface area contributed by atoms with Gasteiger partial charge < -0.3 is 5.32 Å². The summed E-state index contributed by atoms with van der Waals surface area (Å²) in [6, 6.07) is 4.31. The van der Waals surface area contributed by atoms with Crippen molar-refractivity contribution in [2.24, 2.45) is 0 Å². The summed E-state index contributed by atoms with van der Waals surface area (Å²) < 4.78 is 27.3. The molecule has 0 spiro atoms. The van der Waals surface area contributed by atoms with Crippen molar-refractivity contribution in [1.29, 1.82) is 0 Å². The molecule has 0 saturated heterocycles. The summed E-state index contributed by atoms with van der Waals surface area (Å²) in [5.41, 5.74) is 1.36. The average molecular weight is 310 g/mol. The van der Waals surface area contributed by atoms with E-state index in [1.54, 1.807) is 23.5 Å². The minimum atomic E-state index is -0.793. The normalized spacial score (nSPS) is 12.6. The Balaban J connectivity index is 2.28. The maximum Gasteiger partial charge on any atom is 0.162 e. The van der Waals surface area contributed by atoms with Gasteiger partial charge in [-0.25, -0.2) is 13.8 Å². The van der Waals surface area contributed by atoms with Crippen molar-refractivity contribution in [2.45, 2.75) is 39.7 Å². The Morgan fingerprint density at radius 2 is 2.05 bits per heavy atom. The molecule has 2 rings (SSSR count). The predicted octanol–water partition coefficient (Wildman–Crippen LogP) is 4.32. The van der Waals surface area contributed by atoms with Crippen LogP contribution in [0.1, 0.15) is 40.5 Å². The molecule has 1 aromatic heterocycles. The van der Waals surface area contributed by atoms with E-state index in [0.717, 1.165) is 34.6 Å². The second-order valence-corrected chi connectivity index (χ2v) is 6.34. The Bertz CT molecular complexity index is 610. The fraction of sp³-hybridized carbons (Fsp3) is 0.438. The zero-order valence-electron chi connectivity index (χ0n) is 12.5. The first-order valence-electron chi connectivity index (χ1n) is 7.13. The topological polar surface area (TPSA) is 24.9 Å². The Hall–Kier alpha value is -1.33. The van der Waals surface area contributed by atoms with Gasteiger partial charge in [0.2, 0.25) is 0 Å². The van der Waals surface area contributed by atoms with Crippen LogP contribution in [0.3, 0.4) is 0 Å².